The Balaban J connectivity index is 1.15. The van der Waals surface area contributed by atoms with E-state index in [1.807, 2.05) is 0 Å². The van der Waals surface area contributed by atoms with Crippen LogP contribution >= 0.6 is 22.6 Å². The molecule has 45 heavy (non-hydrogen) atoms. The van der Waals surface area contributed by atoms with Gasteiger partial charge in [0.1, 0.15) is 0 Å². The summed E-state index contributed by atoms with van der Waals surface area (Å²) in [5.74, 6) is 12.5. The van der Waals surface area contributed by atoms with Crippen LogP contribution in [0.4, 0.5) is 0 Å². The van der Waals surface area contributed by atoms with E-state index in [0.29, 0.717) is 5.41 Å². The first kappa shape index (κ1) is 37.0. The van der Waals surface area contributed by atoms with E-state index in [-0.39, 0.29) is 0 Å². The summed E-state index contributed by atoms with van der Waals surface area (Å²) in [4.78, 5) is 0. The molecule has 5 aliphatic carbocycles. The lowest BCUT2D eigenvalue weighted by Gasteiger charge is -2.48. The van der Waals surface area contributed by atoms with Crippen molar-refractivity contribution in [3.63, 3.8) is 0 Å². The van der Waals surface area contributed by atoms with Crippen LogP contribution in [0.2, 0.25) is 0 Å². The van der Waals surface area contributed by atoms with E-state index in [4.69, 9.17) is 0 Å². The van der Waals surface area contributed by atoms with Gasteiger partial charge in [-0.05, 0) is 139 Å². The van der Waals surface area contributed by atoms with E-state index in [0.717, 1.165) is 71.0 Å². The van der Waals surface area contributed by atoms with Crippen LogP contribution < -0.4 is 0 Å². The number of halogens is 1. The third-order valence-electron chi connectivity index (χ3n) is 15.9. The SMILES string of the molecule is CCCCC(CCC1CC2CCCCC2C(C(CCCCI)CCCCC2CCC3C4CCCCC4C(C)(C)C3C2)C1)C(C)C. The summed E-state index contributed by atoms with van der Waals surface area (Å²) in [6, 6.07) is 0. The van der Waals surface area contributed by atoms with Gasteiger partial charge in [0, 0.05) is 0 Å². The number of rotatable bonds is 17. The fourth-order valence-corrected chi connectivity index (χ4v) is 13.9. The number of alkyl halides is 1. The van der Waals surface area contributed by atoms with Gasteiger partial charge >= 0.3 is 0 Å². The Morgan fingerprint density at radius 2 is 1.33 bits per heavy atom. The third-order valence-corrected chi connectivity index (χ3v) is 16.6. The van der Waals surface area contributed by atoms with Gasteiger partial charge in [-0.15, -0.1) is 0 Å². The molecule has 5 fully saturated rings. The van der Waals surface area contributed by atoms with Crippen LogP contribution in [-0.4, -0.2) is 4.43 Å². The summed E-state index contributed by atoms with van der Waals surface area (Å²) in [6.45, 7) is 12.8. The van der Waals surface area contributed by atoms with Gasteiger partial charge in [-0.25, -0.2) is 0 Å². The summed E-state index contributed by atoms with van der Waals surface area (Å²) in [5, 5.41) is 0. The van der Waals surface area contributed by atoms with Crippen LogP contribution in [0.3, 0.4) is 0 Å². The Labute approximate surface area is 297 Å². The maximum atomic E-state index is 2.70. The Kier molecular flexibility index (Phi) is 14.9. The second-order valence-electron chi connectivity index (χ2n) is 19.0. The molecule has 0 nitrogen and oxygen atoms in total. The maximum Gasteiger partial charge on any atom is -0.000473 e. The number of fused-ring (bicyclic) bond motifs is 4. The van der Waals surface area contributed by atoms with E-state index in [1.54, 1.807) is 89.9 Å². The zero-order valence-corrected chi connectivity index (χ0v) is 33.3. The van der Waals surface area contributed by atoms with Crippen molar-refractivity contribution in [2.24, 2.45) is 76.4 Å². The van der Waals surface area contributed by atoms with E-state index in [2.05, 4.69) is 57.2 Å². The van der Waals surface area contributed by atoms with Gasteiger partial charge in [0.05, 0.1) is 0 Å². The monoisotopic (exact) mass is 735 g/mol. The molecule has 0 radical (unpaired) electrons. The fourth-order valence-electron chi connectivity index (χ4n) is 13.4. The number of unbranched alkanes of at least 4 members (excludes halogenated alkanes) is 3. The highest BCUT2D eigenvalue weighted by molar-refractivity contribution is 14.1. The van der Waals surface area contributed by atoms with Crippen molar-refractivity contribution >= 4 is 22.6 Å². The summed E-state index contributed by atoms with van der Waals surface area (Å²) >= 11 is 2.64. The molecule has 0 aromatic rings. The van der Waals surface area contributed by atoms with Gasteiger partial charge in [0.25, 0.3) is 0 Å². The zero-order chi connectivity index (χ0) is 31.8. The molecule has 0 spiro atoms. The molecule has 5 saturated carbocycles. The minimum absolute atomic E-state index is 0.622. The van der Waals surface area contributed by atoms with Gasteiger partial charge in [0.15, 0.2) is 0 Å². The topological polar surface area (TPSA) is 0 Å². The first-order valence-electron chi connectivity index (χ1n) is 21.4. The predicted molar refractivity (Wildman–Crippen MR) is 207 cm³/mol. The predicted octanol–water partition coefficient (Wildman–Crippen LogP) is 14.7. The van der Waals surface area contributed by atoms with Crippen LogP contribution in [0, 0.1) is 76.4 Å². The smallest absolute Gasteiger partial charge is 0.000473 e. The molecule has 0 aliphatic heterocycles. The molecule has 5 aliphatic rings. The van der Waals surface area contributed by atoms with E-state index < -0.39 is 0 Å². The molecule has 0 aromatic carbocycles. The van der Waals surface area contributed by atoms with Crippen molar-refractivity contribution in [1.29, 1.82) is 0 Å². The van der Waals surface area contributed by atoms with Crippen molar-refractivity contribution in [2.45, 2.75) is 195 Å². The average molecular weight is 735 g/mol. The highest BCUT2D eigenvalue weighted by Gasteiger charge is 2.56. The van der Waals surface area contributed by atoms with Crippen LogP contribution in [-0.2, 0) is 0 Å². The number of hydrogen-bond acceptors (Lipinski definition) is 0. The molecule has 262 valence electrons. The lowest BCUT2D eigenvalue weighted by Crippen LogP contribution is -2.39. The van der Waals surface area contributed by atoms with E-state index >= 15 is 0 Å². The molecule has 0 amide bonds. The highest BCUT2D eigenvalue weighted by Crippen LogP contribution is 2.64. The molecule has 0 saturated heterocycles. The second-order valence-corrected chi connectivity index (χ2v) is 20.1. The highest BCUT2D eigenvalue weighted by atomic mass is 127. The summed E-state index contributed by atoms with van der Waals surface area (Å²) in [6.07, 6.45) is 38.4. The van der Waals surface area contributed by atoms with Crippen molar-refractivity contribution in [3.05, 3.63) is 0 Å². The Morgan fingerprint density at radius 3 is 2.09 bits per heavy atom. The first-order chi connectivity index (χ1) is 21.8. The molecule has 0 heterocycles. The molecule has 0 aromatic heterocycles. The fraction of sp³-hybridized carbons (Fsp3) is 1.00. The Hall–Kier alpha value is 0.730. The maximum absolute atomic E-state index is 2.70. The van der Waals surface area contributed by atoms with Crippen LogP contribution in [0.15, 0.2) is 0 Å². The molecule has 5 rings (SSSR count). The Morgan fingerprint density at radius 1 is 0.622 bits per heavy atom. The van der Waals surface area contributed by atoms with Crippen molar-refractivity contribution < 1.29 is 0 Å². The Bertz CT molecular complexity index is 829. The average Bonchev–Trinajstić information content (AvgIpc) is 3.27. The standard InChI is InChI=1S/C44H79I/c1-6-7-17-35(32(2)3)26-24-34-29-37-20-10-11-21-38(37)41(30-34)36(19-14-15-28-45)18-9-8-16-33-25-27-40-39-22-12-13-23-42(39)44(4,5)43(40)31-33/h32-43H,6-31H2,1-5H3. The molecule has 1 heteroatoms. The molecule has 11 atom stereocenters. The van der Waals surface area contributed by atoms with Gasteiger partial charge in [-0.1, -0.05) is 160 Å². The molecule has 0 N–H and O–H groups in total. The number of hydrogen-bond donors (Lipinski definition) is 0. The van der Waals surface area contributed by atoms with Crippen molar-refractivity contribution in [1.82, 2.24) is 0 Å². The normalized spacial score (nSPS) is 37.5. The van der Waals surface area contributed by atoms with Gasteiger partial charge < -0.3 is 0 Å². The molecule has 11 unspecified atom stereocenters. The summed E-state index contributed by atoms with van der Waals surface area (Å²) < 4.78 is 1.36. The van der Waals surface area contributed by atoms with Crippen LogP contribution in [0.25, 0.3) is 0 Å². The first-order valence-corrected chi connectivity index (χ1v) is 22.9. The zero-order valence-electron chi connectivity index (χ0n) is 31.2. The quantitative estimate of drug-likeness (QED) is 0.0793. The van der Waals surface area contributed by atoms with Gasteiger partial charge in [-0.3, -0.25) is 0 Å². The lowest BCUT2D eigenvalue weighted by molar-refractivity contribution is 0.0206. The molecular weight excluding hydrogens is 655 g/mol. The van der Waals surface area contributed by atoms with E-state index in [9.17, 15) is 0 Å². The largest absolute Gasteiger partial charge is 0.0864 e. The lowest BCUT2D eigenvalue weighted by atomic mass is 9.57. The van der Waals surface area contributed by atoms with Crippen molar-refractivity contribution in [3.8, 4) is 0 Å². The summed E-state index contributed by atoms with van der Waals surface area (Å²) in [5.41, 5.74) is 0.622. The second kappa shape index (κ2) is 18.1. The van der Waals surface area contributed by atoms with Gasteiger partial charge in [-0.2, -0.15) is 0 Å². The van der Waals surface area contributed by atoms with Crippen LogP contribution in [0.1, 0.15) is 195 Å². The van der Waals surface area contributed by atoms with Gasteiger partial charge in [0.2, 0.25) is 0 Å². The molecule has 0 bridgehead atoms. The minimum atomic E-state index is 0.622. The van der Waals surface area contributed by atoms with E-state index in [1.165, 1.54) is 75.1 Å². The minimum Gasteiger partial charge on any atom is -0.0864 e. The third kappa shape index (κ3) is 9.50. The molecular formula is C44H79I. The van der Waals surface area contributed by atoms with Crippen LogP contribution in [0.5, 0.6) is 0 Å². The summed E-state index contributed by atoms with van der Waals surface area (Å²) in [7, 11) is 0. The van der Waals surface area contributed by atoms with Crippen molar-refractivity contribution in [2.75, 3.05) is 4.43 Å².